The van der Waals surface area contributed by atoms with Gasteiger partial charge in [-0.15, -0.1) is 0 Å². The minimum absolute atomic E-state index is 0.430. The van der Waals surface area contributed by atoms with E-state index in [1.165, 1.54) is 38.5 Å². The number of hydrogen-bond acceptors (Lipinski definition) is 5. The summed E-state index contributed by atoms with van der Waals surface area (Å²) in [5.41, 5.74) is 0. The highest BCUT2D eigenvalue weighted by atomic mass is 16.5. The molecule has 0 spiro atoms. The van der Waals surface area contributed by atoms with Crippen molar-refractivity contribution in [3.63, 3.8) is 0 Å². The zero-order valence-corrected chi connectivity index (χ0v) is 15.0. The number of ether oxygens (including phenoxy) is 1. The summed E-state index contributed by atoms with van der Waals surface area (Å²) in [6.45, 7) is 6.77. The van der Waals surface area contributed by atoms with Gasteiger partial charge in [-0.1, -0.05) is 30.8 Å². The summed E-state index contributed by atoms with van der Waals surface area (Å²) in [6, 6.07) is 0. The molecule has 0 saturated heterocycles. The highest BCUT2D eigenvalue weighted by molar-refractivity contribution is 5.79. The topological polar surface area (TPSA) is 84.6 Å². The van der Waals surface area contributed by atoms with Crippen LogP contribution in [0.25, 0.3) is 0 Å². The summed E-state index contributed by atoms with van der Waals surface area (Å²) in [7, 11) is 0. The average molecular weight is 337 g/mol. The van der Waals surface area contributed by atoms with Crippen molar-refractivity contribution in [2.24, 2.45) is 4.99 Å². The Morgan fingerprint density at radius 2 is 2.04 bits per heavy atom. The molecule has 0 unspecified atom stereocenters. The molecule has 1 fully saturated rings. The lowest BCUT2D eigenvalue weighted by Gasteiger charge is -2.15. The van der Waals surface area contributed by atoms with E-state index in [-0.39, 0.29) is 0 Å². The first-order chi connectivity index (χ1) is 11.8. The summed E-state index contributed by atoms with van der Waals surface area (Å²) >= 11 is 0. The Balaban J connectivity index is 1.65. The van der Waals surface area contributed by atoms with Crippen LogP contribution in [-0.2, 0) is 11.2 Å². The lowest BCUT2D eigenvalue weighted by atomic mass is 10.1. The monoisotopic (exact) mass is 337 g/mol. The summed E-state index contributed by atoms with van der Waals surface area (Å²) in [4.78, 5) is 8.75. The van der Waals surface area contributed by atoms with Crippen LogP contribution in [0, 0.1) is 6.92 Å². The molecule has 1 aliphatic rings. The molecule has 7 nitrogen and oxygen atoms in total. The van der Waals surface area contributed by atoms with Gasteiger partial charge in [0.25, 0.3) is 0 Å². The molecular formula is C17H31N5O2. The smallest absolute Gasteiger partial charge is 0.228 e. The molecule has 1 aromatic rings. The number of rotatable bonds is 8. The number of aromatic nitrogens is 2. The molecule has 24 heavy (non-hydrogen) atoms. The van der Waals surface area contributed by atoms with E-state index in [1.54, 1.807) is 0 Å². The van der Waals surface area contributed by atoms with E-state index in [0.717, 1.165) is 12.5 Å². The number of nitrogens with one attached hydrogen (secondary N) is 2. The molecule has 1 heterocycles. The van der Waals surface area contributed by atoms with Crippen molar-refractivity contribution >= 4 is 5.96 Å². The van der Waals surface area contributed by atoms with Crippen molar-refractivity contribution in [3.8, 4) is 0 Å². The van der Waals surface area contributed by atoms with Crippen molar-refractivity contribution in [2.45, 2.75) is 64.9 Å². The van der Waals surface area contributed by atoms with E-state index in [4.69, 9.17) is 9.26 Å². The van der Waals surface area contributed by atoms with Crippen LogP contribution >= 0.6 is 0 Å². The highest BCUT2D eigenvalue weighted by Gasteiger charge is 2.12. The summed E-state index contributed by atoms with van der Waals surface area (Å²) in [5, 5.41) is 10.3. The maximum absolute atomic E-state index is 5.97. The second kappa shape index (κ2) is 11.0. The summed E-state index contributed by atoms with van der Waals surface area (Å²) in [6.07, 6.45) is 8.82. The molecule has 136 valence electrons. The van der Waals surface area contributed by atoms with E-state index in [2.05, 4.69) is 32.7 Å². The SMILES string of the molecule is CCNC(=NCCOC1CCCCCC1)NCCc1nc(C)no1. The molecular weight excluding hydrogens is 306 g/mol. The van der Waals surface area contributed by atoms with Crippen LogP contribution in [0.2, 0.25) is 0 Å². The van der Waals surface area contributed by atoms with Gasteiger partial charge in [0, 0.05) is 19.5 Å². The molecule has 0 radical (unpaired) electrons. The Morgan fingerprint density at radius 3 is 2.71 bits per heavy atom. The van der Waals surface area contributed by atoms with Gasteiger partial charge in [0.1, 0.15) is 0 Å². The van der Waals surface area contributed by atoms with Gasteiger partial charge >= 0.3 is 0 Å². The largest absolute Gasteiger partial charge is 0.376 e. The van der Waals surface area contributed by atoms with Gasteiger partial charge in [-0.2, -0.15) is 4.98 Å². The second-order valence-corrected chi connectivity index (χ2v) is 6.16. The third kappa shape index (κ3) is 7.29. The Bertz CT molecular complexity index is 481. The lowest BCUT2D eigenvalue weighted by Crippen LogP contribution is -2.38. The van der Waals surface area contributed by atoms with Crippen LogP contribution < -0.4 is 10.6 Å². The Kier molecular flexibility index (Phi) is 8.59. The van der Waals surface area contributed by atoms with Gasteiger partial charge in [0.2, 0.25) is 5.89 Å². The van der Waals surface area contributed by atoms with Crippen LogP contribution in [0.15, 0.2) is 9.52 Å². The first-order valence-corrected chi connectivity index (χ1v) is 9.21. The zero-order valence-electron chi connectivity index (χ0n) is 15.0. The quantitative estimate of drug-likeness (QED) is 0.327. The lowest BCUT2D eigenvalue weighted by molar-refractivity contribution is 0.0487. The number of aliphatic imine (C=N–C) groups is 1. The Hall–Kier alpha value is -1.63. The third-order valence-electron chi connectivity index (χ3n) is 4.06. The zero-order chi connectivity index (χ0) is 17.0. The molecule has 0 atom stereocenters. The third-order valence-corrected chi connectivity index (χ3v) is 4.06. The van der Waals surface area contributed by atoms with Gasteiger partial charge in [-0.3, -0.25) is 4.99 Å². The van der Waals surface area contributed by atoms with Crippen molar-refractivity contribution in [2.75, 3.05) is 26.2 Å². The maximum atomic E-state index is 5.97. The van der Waals surface area contributed by atoms with Crippen LogP contribution in [0.4, 0.5) is 0 Å². The first-order valence-electron chi connectivity index (χ1n) is 9.21. The van der Waals surface area contributed by atoms with Crippen molar-refractivity contribution in [1.82, 2.24) is 20.8 Å². The van der Waals surface area contributed by atoms with Crippen molar-refractivity contribution in [3.05, 3.63) is 11.7 Å². The fraction of sp³-hybridized carbons (Fsp3) is 0.824. The van der Waals surface area contributed by atoms with Gasteiger partial charge in [0.05, 0.1) is 19.3 Å². The van der Waals surface area contributed by atoms with Gasteiger partial charge in [0.15, 0.2) is 11.8 Å². The molecule has 0 amide bonds. The summed E-state index contributed by atoms with van der Waals surface area (Å²) in [5.74, 6) is 2.12. The molecule has 2 rings (SSSR count). The molecule has 1 aliphatic carbocycles. The van der Waals surface area contributed by atoms with Crippen molar-refractivity contribution in [1.29, 1.82) is 0 Å². The predicted octanol–water partition coefficient (Wildman–Crippen LogP) is 2.22. The molecule has 0 aromatic carbocycles. The Labute approximate surface area is 144 Å². The van der Waals surface area contributed by atoms with Crippen molar-refractivity contribution < 1.29 is 9.26 Å². The van der Waals surface area contributed by atoms with Crippen LogP contribution in [0.1, 0.15) is 57.2 Å². The van der Waals surface area contributed by atoms with E-state index in [1.807, 2.05) is 6.92 Å². The Morgan fingerprint density at radius 1 is 1.25 bits per heavy atom. The normalized spacial score (nSPS) is 16.8. The fourth-order valence-corrected chi connectivity index (χ4v) is 2.86. The molecule has 1 aromatic heterocycles. The number of hydrogen-bond donors (Lipinski definition) is 2. The van der Waals surface area contributed by atoms with Crippen LogP contribution in [0.5, 0.6) is 0 Å². The van der Waals surface area contributed by atoms with E-state index in [9.17, 15) is 0 Å². The molecule has 0 bridgehead atoms. The minimum Gasteiger partial charge on any atom is -0.376 e. The van der Waals surface area contributed by atoms with Gasteiger partial charge in [-0.05, 0) is 26.7 Å². The first kappa shape index (κ1) is 18.7. The van der Waals surface area contributed by atoms with Gasteiger partial charge < -0.3 is 19.9 Å². The number of nitrogens with zero attached hydrogens (tertiary/aromatic N) is 3. The van der Waals surface area contributed by atoms with Gasteiger partial charge in [-0.25, -0.2) is 0 Å². The summed E-state index contributed by atoms with van der Waals surface area (Å²) < 4.78 is 11.1. The molecule has 0 aliphatic heterocycles. The highest BCUT2D eigenvalue weighted by Crippen LogP contribution is 2.19. The van der Waals surface area contributed by atoms with E-state index >= 15 is 0 Å². The maximum Gasteiger partial charge on any atom is 0.228 e. The number of aryl methyl sites for hydroxylation is 1. The minimum atomic E-state index is 0.430. The van der Waals surface area contributed by atoms with Crippen LogP contribution in [0.3, 0.4) is 0 Å². The molecule has 7 heteroatoms. The second-order valence-electron chi connectivity index (χ2n) is 6.16. The standard InChI is InChI=1S/C17H31N5O2/c1-3-18-17(19-11-10-16-21-14(2)22-24-16)20-12-13-23-15-8-6-4-5-7-9-15/h15H,3-13H2,1-2H3,(H2,18,19,20). The predicted molar refractivity (Wildman–Crippen MR) is 94.2 cm³/mol. The van der Waals surface area contributed by atoms with Crippen LogP contribution in [-0.4, -0.2) is 48.4 Å². The number of guanidine groups is 1. The van der Waals surface area contributed by atoms with E-state index < -0.39 is 0 Å². The molecule has 2 N–H and O–H groups in total. The fourth-order valence-electron chi connectivity index (χ4n) is 2.86. The average Bonchev–Trinajstić information content (AvgIpc) is 2.83. The molecule has 1 saturated carbocycles. The van der Waals surface area contributed by atoms with E-state index in [0.29, 0.717) is 43.9 Å².